The molecule has 0 spiro atoms. The molecule has 8 aromatic carbocycles. The molecule has 0 N–H and O–H groups in total. The first kappa shape index (κ1) is 54.2. The summed E-state index contributed by atoms with van der Waals surface area (Å²) in [7, 11) is 0. The molecule has 0 bridgehead atoms. The van der Waals surface area contributed by atoms with Crippen LogP contribution in [0.1, 0.15) is 57.3 Å². The Labute approximate surface area is 458 Å². The summed E-state index contributed by atoms with van der Waals surface area (Å²) in [5.74, 6) is -3.97. The van der Waals surface area contributed by atoms with Gasteiger partial charge in [-0.05, 0) is 44.5 Å². The second-order valence-corrected chi connectivity index (χ2v) is 18.2. The fraction of sp³-hybridized carbons (Fsp3) is 0.0725. The fourth-order valence-electron chi connectivity index (χ4n) is 9.33. The second-order valence-electron chi connectivity index (χ2n) is 18.2. The van der Waals surface area contributed by atoms with Crippen molar-refractivity contribution in [3.63, 3.8) is 0 Å². The van der Waals surface area contributed by atoms with E-state index in [1.807, 2.05) is 12.1 Å². The van der Waals surface area contributed by atoms with E-state index >= 15 is 9.59 Å². The van der Waals surface area contributed by atoms with Crippen molar-refractivity contribution in [2.75, 3.05) is 13.2 Å². The van der Waals surface area contributed by atoms with Crippen LogP contribution in [-0.4, -0.2) is 36.7 Å². The first-order valence-electron chi connectivity index (χ1n) is 25.1. The van der Waals surface area contributed by atoms with Crippen LogP contribution >= 0.6 is 0 Å². The summed E-state index contributed by atoms with van der Waals surface area (Å²) in [6, 6.07) is 78.4. The highest BCUT2D eigenvalue weighted by Gasteiger charge is 2.42. The van der Waals surface area contributed by atoms with Crippen LogP contribution in [0, 0.1) is 50.7 Å². The number of benzene rings is 8. The van der Waals surface area contributed by atoms with Crippen LogP contribution in [0.5, 0.6) is 0 Å². The van der Waals surface area contributed by atoms with Crippen LogP contribution < -0.4 is 0 Å². The molecule has 10 nitrogen and oxygen atoms in total. The Kier molecular flexibility index (Phi) is 18.2. The molecule has 79 heavy (non-hydrogen) atoms. The number of hydrogen-bond donors (Lipinski definition) is 0. The predicted octanol–water partition coefficient (Wildman–Crippen LogP) is 13.1. The summed E-state index contributed by atoms with van der Waals surface area (Å²) in [5, 5.41) is 44.0. The van der Waals surface area contributed by atoms with Crippen molar-refractivity contribution in [2.24, 2.45) is 5.41 Å². The molecule has 0 radical (unpaired) electrons. The molecule has 380 valence electrons. The number of ketones is 2. The molecule has 0 aromatic heterocycles. The summed E-state index contributed by atoms with van der Waals surface area (Å²) in [5.41, 5.74) is 1.41. The Balaban J connectivity index is 1.35. The average Bonchev–Trinajstić information content (AvgIpc) is 3.53. The van der Waals surface area contributed by atoms with E-state index in [1.54, 1.807) is 243 Å². The van der Waals surface area contributed by atoms with E-state index < -0.39 is 66.1 Å². The van der Waals surface area contributed by atoms with E-state index in [9.17, 15) is 30.6 Å². The van der Waals surface area contributed by atoms with Crippen molar-refractivity contribution in [3.05, 3.63) is 309 Å². The van der Waals surface area contributed by atoms with Gasteiger partial charge in [-0.2, -0.15) is 21.0 Å². The van der Waals surface area contributed by atoms with Crippen LogP contribution in [0.25, 0.3) is 22.3 Å². The van der Waals surface area contributed by atoms with Gasteiger partial charge in [-0.25, -0.2) is 9.59 Å². The quantitative estimate of drug-likeness (QED) is 0.0405. The smallest absolute Gasteiger partial charge is 0.349 e. The van der Waals surface area contributed by atoms with Gasteiger partial charge in [0.25, 0.3) is 0 Å². The molecule has 0 atom stereocenters. The largest absolute Gasteiger partial charge is 0.461 e. The summed E-state index contributed by atoms with van der Waals surface area (Å²) in [4.78, 5) is 60.8. The Morgan fingerprint density at radius 1 is 0.291 bits per heavy atom. The van der Waals surface area contributed by atoms with Gasteiger partial charge >= 0.3 is 11.9 Å². The van der Waals surface area contributed by atoms with E-state index in [-0.39, 0.29) is 33.4 Å². The number of esters is 2. The lowest BCUT2D eigenvalue weighted by atomic mass is 9.75. The standard InChI is InChI=1S/C69H48N4O6/c70-43-57(63(49-25-9-1-10-26-49)50-27-11-2-12-28-50)61(74)41-69(42-62(75)58(44-71)64(51-29-13-3-14-30-51)52-31-15-4-16-32-52,47-78-67(76)59(45-72)65(53-33-17-5-18-34-53)54-35-19-6-20-36-54)48-79-68(77)60(46-73)66(55-37-21-7-22-38-55)56-39-23-8-24-40-56/h1-40H,41-42,47-48H2. The molecule has 0 fully saturated rings. The van der Waals surface area contributed by atoms with Crippen molar-refractivity contribution in [3.8, 4) is 24.3 Å². The third-order valence-electron chi connectivity index (χ3n) is 13.0. The minimum absolute atomic E-state index is 0.228. The van der Waals surface area contributed by atoms with Crippen molar-refractivity contribution in [1.29, 1.82) is 21.0 Å². The van der Waals surface area contributed by atoms with Gasteiger partial charge in [0.2, 0.25) is 0 Å². The van der Waals surface area contributed by atoms with Gasteiger partial charge in [-0.3, -0.25) is 9.59 Å². The molecule has 0 heterocycles. The fourth-order valence-corrected chi connectivity index (χ4v) is 9.33. The molecular weight excluding hydrogens is 981 g/mol. The minimum Gasteiger partial charge on any atom is -0.461 e. The lowest BCUT2D eigenvalue weighted by Crippen LogP contribution is -2.39. The topological polar surface area (TPSA) is 182 Å². The van der Waals surface area contributed by atoms with Gasteiger partial charge in [0.15, 0.2) is 11.6 Å². The van der Waals surface area contributed by atoms with Gasteiger partial charge in [-0.1, -0.05) is 243 Å². The third kappa shape index (κ3) is 13.1. The van der Waals surface area contributed by atoms with E-state index in [4.69, 9.17) is 9.47 Å². The minimum atomic E-state index is -2.12. The maximum absolute atomic E-state index is 15.5. The number of rotatable bonds is 20. The van der Waals surface area contributed by atoms with Gasteiger partial charge < -0.3 is 9.47 Å². The highest BCUT2D eigenvalue weighted by molar-refractivity contribution is 6.12. The summed E-state index contributed by atoms with van der Waals surface area (Å²) in [6.07, 6.45) is -1.61. The lowest BCUT2D eigenvalue weighted by Gasteiger charge is -2.32. The van der Waals surface area contributed by atoms with Gasteiger partial charge in [-0.15, -0.1) is 0 Å². The van der Waals surface area contributed by atoms with Crippen molar-refractivity contribution in [1.82, 2.24) is 0 Å². The molecule has 8 aromatic rings. The number of allylic oxidation sites excluding steroid dienone is 2. The summed E-state index contributed by atoms with van der Waals surface area (Å²) in [6.45, 7) is -1.77. The van der Waals surface area contributed by atoms with Crippen LogP contribution in [-0.2, 0) is 28.7 Å². The Hall–Kier alpha value is -11.0. The Bertz CT molecular complexity index is 3370. The number of carbonyl (C=O) groups is 4. The number of carbonyl (C=O) groups excluding carboxylic acids is 4. The molecule has 0 aliphatic carbocycles. The number of hydrogen-bond acceptors (Lipinski definition) is 10. The first-order valence-corrected chi connectivity index (χ1v) is 25.1. The Morgan fingerprint density at radius 3 is 0.646 bits per heavy atom. The molecule has 0 aliphatic rings. The van der Waals surface area contributed by atoms with Crippen LogP contribution in [0.3, 0.4) is 0 Å². The second kappa shape index (κ2) is 26.4. The van der Waals surface area contributed by atoms with E-state index in [0.29, 0.717) is 44.5 Å². The normalized spacial score (nSPS) is 10.4. The molecule has 0 unspecified atom stereocenters. The highest BCUT2D eigenvalue weighted by Crippen LogP contribution is 2.38. The molecular formula is C69H48N4O6. The highest BCUT2D eigenvalue weighted by atomic mass is 16.5. The van der Waals surface area contributed by atoms with Gasteiger partial charge in [0.05, 0.1) is 5.41 Å². The maximum Gasteiger partial charge on any atom is 0.349 e. The maximum atomic E-state index is 15.5. The van der Waals surface area contributed by atoms with E-state index in [0.717, 1.165) is 0 Å². The Morgan fingerprint density at radius 2 is 0.468 bits per heavy atom. The first-order chi connectivity index (χ1) is 38.7. The monoisotopic (exact) mass is 1030 g/mol. The van der Waals surface area contributed by atoms with E-state index in [2.05, 4.69) is 12.1 Å². The molecule has 0 saturated carbocycles. The zero-order valence-corrected chi connectivity index (χ0v) is 42.7. The zero-order valence-electron chi connectivity index (χ0n) is 42.7. The molecule has 8 rings (SSSR count). The van der Waals surface area contributed by atoms with Crippen molar-refractivity contribution < 1.29 is 28.7 Å². The zero-order chi connectivity index (χ0) is 55.4. The number of nitrogens with zero attached hydrogens (tertiary/aromatic N) is 4. The molecule has 0 aliphatic heterocycles. The summed E-state index contributed by atoms with van der Waals surface area (Å²) >= 11 is 0. The summed E-state index contributed by atoms with van der Waals surface area (Å²) < 4.78 is 12.4. The van der Waals surface area contributed by atoms with Crippen LogP contribution in [0.15, 0.2) is 265 Å². The van der Waals surface area contributed by atoms with E-state index in [1.165, 1.54) is 0 Å². The molecule has 0 amide bonds. The number of Topliss-reactive ketones (excluding diaryl/α,β-unsaturated/α-hetero) is 2. The third-order valence-corrected chi connectivity index (χ3v) is 13.0. The van der Waals surface area contributed by atoms with Crippen LogP contribution in [0.4, 0.5) is 0 Å². The predicted molar refractivity (Wildman–Crippen MR) is 302 cm³/mol. The molecule has 0 saturated heterocycles. The van der Waals surface area contributed by atoms with Crippen molar-refractivity contribution in [2.45, 2.75) is 12.8 Å². The van der Waals surface area contributed by atoms with Gasteiger partial charge in [0.1, 0.15) is 59.8 Å². The SMILES string of the molecule is N#CC(C(=O)CC(COC(=O)C(C#N)=C(c1ccccc1)c1ccccc1)(COC(=O)C(C#N)=C(c1ccccc1)c1ccccc1)CC(=O)C(C#N)=C(c1ccccc1)c1ccccc1)=C(c1ccccc1)c1ccccc1. The van der Waals surface area contributed by atoms with Gasteiger partial charge in [0, 0.05) is 35.1 Å². The van der Waals surface area contributed by atoms with Crippen molar-refractivity contribution >= 4 is 45.8 Å². The number of ether oxygens (including phenoxy) is 2. The van der Waals surface area contributed by atoms with Crippen LogP contribution in [0.2, 0.25) is 0 Å². The molecule has 10 heteroatoms. The average molecular weight is 1030 g/mol. The lowest BCUT2D eigenvalue weighted by molar-refractivity contribution is -0.152. The number of nitriles is 4.